The molecule has 1 unspecified atom stereocenters. The minimum atomic E-state index is -1.10. The smallest absolute Gasteiger partial charge is 0.330 e. The number of hydrogen-bond donors (Lipinski definition) is 0. The summed E-state index contributed by atoms with van der Waals surface area (Å²) >= 11 is 6.15. The summed E-state index contributed by atoms with van der Waals surface area (Å²) in [6.07, 6.45) is 0.0176. The van der Waals surface area contributed by atoms with Crippen LogP contribution in [0.15, 0.2) is 48.5 Å². The number of hydroxylamine groups is 1. The SMILES string of the molecule is CC(=O)ON1C(=O)C2(CC(=O)N(Cc3ccccc3)C2)c2cc(Cl)ccc21. The molecule has 27 heavy (non-hydrogen) atoms. The molecule has 1 spiro atoms. The van der Waals surface area contributed by atoms with E-state index in [1.807, 2.05) is 30.3 Å². The van der Waals surface area contributed by atoms with Crippen molar-refractivity contribution in [2.24, 2.45) is 0 Å². The standard InChI is InChI=1S/C20H17ClN2O4/c1-13(24)27-23-17-8-7-15(21)9-16(17)20(19(23)26)10-18(25)22(12-20)11-14-5-3-2-4-6-14/h2-9H,10-12H2,1H3. The average molecular weight is 385 g/mol. The highest BCUT2D eigenvalue weighted by Crippen LogP contribution is 2.48. The van der Waals surface area contributed by atoms with Crippen LogP contribution in [0.2, 0.25) is 5.02 Å². The first-order valence-corrected chi connectivity index (χ1v) is 8.93. The number of amides is 2. The van der Waals surface area contributed by atoms with Gasteiger partial charge in [0.15, 0.2) is 0 Å². The fourth-order valence-electron chi connectivity index (χ4n) is 3.82. The van der Waals surface area contributed by atoms with Crippen molar-refractivity contribution in [2.45, 2.75) is 25.3 Å². The summed E-state index contributed by atoms with van der Waals surface area (Å²) in [6.45, 7) is 1.86. The highest BCUT2D eigenvalue weighted by molar-refractivity contribution is 6.31. The van der Waals surface area contributed by atoms with Crippen LogP contribution in [0.3, 0.4) is 0 Å². The van der Waals surface area contributed by atoms with Crippen LogP contribution in [0.25, 0.3) is 0 Å². The second-order valence-corrected chi connectivity index (χ2v) is 7.27. The monoisotopic (exact) mass is 384 g/mol. The first kappa shape index (κ1) is 17.5. The van der Waals surface area contributed by atoms with E-state index in [1.54, 1.807) is 23.1 Å². The molecule has 138 valence electrons. The quantitative estimate of drug-likeness (QED) is 0.816. The molecule has 2 aliphatic rings. The molecule has 2 amide bonds. The maximum atomic E-state index is 13.2. The molecule has 2 heterocycles. The van der Waals surface area contributed by atoms with Gasteiger partial charge in [-0.2, -0.15) is 0 Å². The molecule has 0 N–H and O–H groups in total. The summed E-state index contributed by atoms with van der Waals surface area (Å²) in [4.78, 5) is 44.2. The zero-order valence-electron chi connectivity index (χ0n) is 14.6. The van der Waals surface area contributed by atoms with Gasteiger partial charge in [-0.05, 0) is 29.3 Å². The first-order valence-electron chi connectivity index (χ1n) is 8.55. The van der Waals surface area contributed by atoms with Gasteiger partial charge in [-0.25, -0.2) is 4.79 Å². The molecule has 0 bridgehead atoms. The summed E-state index contributed by atoms with van der Waals surface area (Å²) < 4.78 is 0. The Morgan fingerprint density at radius 2 is 1.93 bits per heavy atom. The molecule has 0 aromatic heterocycles. The predicted octanol–water partition coefficient (Wildman–Crippen LogP) is 2.84. The van der Waals surface area contributed by atoms with Crippen LogP contribution in [0.1, 0.15) is 24.5 Å². The lowest BCUT2D eigenvalue weighted by molar-refractivity contribution is -0.149. The van der Waals surface area contributed by atoms with Crippen molar-refractivity contribution >= 4 is 35.1 Å². The zero-order chi connectivity index (χ0) is 19.2. The van der Waals surface area contributed by atoms with Gasteiger partial charge in [0.25, 0.3) is 5.91 Å². The molecule has 1 fully saturated rings. The third kappa shape index (κ3) is 2.86. The Bertz CT molecular complexity index is 946. The van der Waals surface area contributed by atoms with Gasteiger partial charge < -0.3 is 9.74 Å². The Hall–Kier alpha value is -2.86. The fraction of sp³-hybridized carbons (Fsp3) is 0.250. The summed E-state index contributed by atoms with van der Waals surface area (Å²) in [6, 6.07) is 14.5. The van der Waals surface area contributed by atoms with Gasteiger partial charge in [0.1, 0.15) is 5.41 Å². The number of rotatable bonds is 3. The fourth-order valence-corrected chi connectivity index (χ4v) is 3.99. The van der Waals surface area contributed by atoms with Crippen LogP contribution in [0.5, 0.6) is 0 Å². The Kier molecular flexibility index (Phi) is 4.15. The highest BCUT2D eigenvalue weighted by atomic mass is 35.5. The lowest BCUT2D eigenvalue weighted by Crippen LogP contribution is -2.43. The van der Waals surface area contributed by atoms with Crippen LogP contribution in [0, 0.1) is 0 Å². The lowest BCUT2D eigenvalue weighted by atomic mass is 9.81. The molecule has 1 saturated heterocycles. The number of halogens is 1. The number of hydrogen-bond acceptors (Lipinski definition) is 4. The largest absolute Gasteiger partial charge is 0.337 e. The van der Waals surface area contributed by atoms with Crippen LogP contribution >= 0.6 is 11.6 Å². The summed E-state index contributed by atoms with van der Waals surface area (Å²) in [7, 11) is 0. The third-order valence-electron chi connectivity index (χ3n) is 4.99. The van der Waals surface area contributed by atoms with Gasteiger partial charge >= 0.3 is 5.97 Å². The molecule has 4 rings (SSSR count). The van der Waals surface area contributed by atoms with Gasteiger partial charge in [0.05, 0.1) is 5.69 Å². The van der Waals surface area contributed by atoms with Crippen LogP contribution in [0.4, 0.5) is 5.69 Å². The molecule has 0 aliphatic carbocycles. The maximum Gasteiger partial charge on any atom is 0.330 e. The molecule has 6 nitrogen and oxygen atoms in total. The number of anilines is 1. The third-order valence-corrected chi connectivity index (χ3v) is 5.22. The molecule has 1 atom stereocenters. The number of carbonyl (C=O) groups is 3. The van der Waals surface area contributed by atoms with E-state index in [9.17, 15) is 14.4 Å². The summed E-state index contributed by atoms with van der Waals surface area (Å²) in [5.41, 5.74) is 0.956. The van der Waals surface area contributed by atoms with Crippen LogP contribution in [-0.4, -0.2) is 29.2 Å². The molecule has 7 heteroatoms. The van der Waals surface area contributed by atoms with E-state index >= 15 is 0 Å². The van der Waals surface area contributed by atoms with Crippen molar-refractivity contribution in [1.82, 2.24) is 4.90 Å². The normalized spacial score (nSPS) is 21.1. The Labute approximate surface area is 161 Å². The van der Waals surface area contributed by atoms with Gasteiger partial charge in [-0.1, -0.05) is 41.9 Å². The number of nitrogens with zero attached hydrogens (tertiary/aromatic N) is 2. The van der Waals surface area contributed by atoms with E-state index in [-0.39, 0.29) is 18.9 Å². The molecule has 0 saturated carbocycles. The zero-order valence-corrected chi connectivity index (χ0v) is 15.4. The minimum Gasteiger partial charge on any atom is -0.337 e. The Balaban J connectivity index is 1.72. The van der Waals surface area contributed by atoms with E-state index in [0.29, 0.717) is 22.8 Å². The Morgan fingerprint density at radius 3 is 2.63 bits per heavy atom. The molecule has 0 radical (unpaired) electrons. The first-order chi connectivity index (χ1) is 12.9. The molecule has 2 aromatic carbocycles. The van der Waals surface area contributed by atoms with Crippen molar-refractivity contribution in [2.75, 3.05) is 11.6 Å². The van der Waals surface area contributed by atoms with Gasteiger partial charge in [0.2, 0.25) is 5.91 Å². The lowest BCUT2D eigenvalue weighted by Gasteiger charge is -2.23. The second-order valence-electron chi connectivity index (χ2n) is 6.84. The number of benzene rings is 2. The van der Waals surface area contributed by atoms with E-state index in [2.05, 4.69) is 0 Å². The van der Waals surface area contributed by atoms with Crippen LogP contribution < -0.4 is 5.06 Å². The van der Waals surface area contributed by atoms with Gasteiger partial charge in [0, 0.05) is 31.5 Å². The molecule has 2 aromatic rings. The topological polar surface area (TPSA) is 66.9 Å². The summed E-state index contributed by atoms with van der Waals surface area (Å²) in [5, 5.41) is 1.45. The minimum absolute atomic E-state index is 0.0176. The van der Waals surface area contributed by atoms with E-state index in [0.717, 1.165) is 10.6 Å². The summed E-state index contributed by atoms with van der Waals surface area (Å²) in [5.74, 6) is -1.14. The number of fused-ring (bicyclic) bond motifs is 2. The second kappa shape index (κ2) is 6.39. The van der Waals surface area contributed by atoms with Crippen molar-refractivity contribution < 1.29 is 19.2 Å². The van der Waals surface area contributed by atoms with E-state index in [4.69, 9.17) is 16.4 Å². The maximum absolute atomic E-state index is 13.2. The molecular weight excluding hydrogens is 368 g/mol. The van der Waals surface area contributed by atoms with E-state index in [1.165, 1.54) is 6.92 Å². The van der Waals surface area contributed by atoms with E-state index < -0.39 is 17.3 Å². The van der Waals surface area contributed by atoms with Crippen LogP contribution in [-0.2, 0) is 31.2 Å². The molecule has 2 aliphatic heterocycles. The highest BCUT2D eigenvalue weighted by Gasteiger charge is 2.58. The van der Waals surface area contributed by atoms with Gasteiger partial charge in [-0.15, -0.1) is 5.06 Å². The van der Waals surface area contributed by atoms with Crippen molar-refractivity contribution in [3.63, 3.8) is 0 Å². The molecular formula is C20H17ClN2O4. The van der Waals surface area contributed by atoms with Crippen molar-refractivity contribution in [3.8, 4) is 0 Å². The average Bonchev–Trinajstić information content (AvgIpc) is 3.06. The van der Waals surface area contributed by atoms with Crippen molar-refractivity contribution in [3.05, 3.63) is 64.7 Å². The predicted molar refractivity (Wildman–Crippen MR) is 98.9 cm³/mol. The number of carbonyl (C=O) groups excluding carboxylic acids is 3. The van der Waals surface area contributed by atoms with Crippen molar-refractivity contribution in [1.29, 1.82) is 0 Å². The van der Waals surface area contributed by atoms with Gasteiger partial charge in [-0.3, -0.25) is 9.59 Å². The Morgan fingerprint density at radius 1 is 1.19 bits per heavy atom. The number of likely N-dealkylation sites (tertiary alicyclic amines) is 1.